The Morgan fingerprint density at radius 2 is 1.78 bits per heavy atom. The van der Waals surface area contributed by atoms with Crippen molar-refractivity contribution in [2.24, 2.45) is 5.73 Å². The van der Waals surface area contributed by atoms with Crippen LogP contribution in [0.1, 0.15) is 6.92 Å². The summed E-state index contributed by atoms with van der Waals surface area (Å²) in [6.45, 7) is 1.64. The van der Waals surface area contributed by atoms with Crippen molar-refractivity contribution in [1.29, 1.82) is 0 Å². The molecule has 3 rings (SSSR count). The molecule has 0 bridgehead atoms. The number of benzene rings is 2. The quantitative estimate of drug-likeness (QED) is 0.760. The minimum absolute atomic E-state index is 0.491. The van der Waals surface area contributed by atoms with Crippen LogP contribution in [0.3, 0.4) is 0 Å². The molecule has 5 heteroatoms. The minimum atomic E-state index is -0.680. The lowest BCUT2D eigenvalue weighted by molar-refractivity contribution is -0.123. The molecule has 1 unspecified atom stereocenters. The Balaban J connectivity index is 1.91. The maximum Gasteiger partial charge on any atom is 0.258 e. The van der Waals surface area contributed by atoms with Crippen molar-refractivity contribution in [3.63, 3.8) is 0 Å². The van der Waals surface area contributed by atoms with Crippen LogP contribution in [0.2, 0.25) is 0 Å². The monoisotopic (exact) mass is 307 g/mol. The first kappa shape index (κ1) is 14.8. The van der Waals surface area contributed by atoms with Crippen LogP contribution in [-0.4, -0.2) is 22.2 Å². The van der Waals surface area contributed by atoms with Gasteiger partial charge >= 0.3 is 0 Å². The van der Waals surface area contributed by atoms with Gasteiger partial charge in [-0.25, -0.2) is 0 Å². The number of hydrogen-bond acceptors (Lipinski definition) is 3. The Bertz CT molecular complexity index is 795. The highest BCUT2D eigenvalue weighted by atomic mass is 16.5. The van der Waals surface area contributed by atoms with Gasteiger partial charge in [-0.3, -0.25) is 9.89 Å². The number of aromatic nitrogens is 2. The van der Waals surface area contributed by atoms with E-state index in [0.717, 1.165) is 22.4 Å². The highest BCUT2D eigenvalue weighted by Crippen LogP contribution is 2.31. The van der Waals surface area contributed by atoms with Crippen molar-refractivity contribution >= 4 is 5.91 Å². The summed E-state index contributed by atoms with van der Waals surface area (Å²) in [5, 5.41) is 6.89. The van der Waals surface area contributed by atoms with Crippen molar-refractivity contribution in [3.05, 3.63) is 60.8 Å². The zero-order valence-electron chi connectivity index (χ0n) is 12.7. The van der Waals surface area contributed by atoms with Gasteiger partial charge < -0.3 is 10.5 Å². The molecule has 0 aliphatic heterocycles. The third-order valence-electron chi connectivity index (χ3n) is 3.60. The summed E-state index contributed by atoms with van der Waals surface area (Å²) in [5.41, 5.74) is 9.20. The molecule has 3 N–H and O–H groups in total. The number of carbonyl (C=O) groups is 1. The van der Waals surface area contributed by atoms with Crippen LogP contribution in [0.15, 0.2) is 60.8 Å². The molecule has 0 spiro atoms. The number of nitrogens with zero attached hydrogens (tertiary/aromatic N) is 1. The van der Waals surface area contributed by atoms with Gasteiger partial charge in [0.1, 0.15) is 5.75 Å². The van der Waals surface area contributed by atoms with Crippen molar-refractivity contribution in [3.8, 4) is 28.1 Å². The third-order valence-corrected chi connectivity index (χ3v) is 3.60. The molecular weight excluding hydrogens is 290 g/mol. The number of aromatic amines is 1. The highest BCUT2D eigenvalue weighted by Gasteiger charge is 2.13. The van der Waals surface area contributed by atoms with E-state index in [-0.39, 0.29) is 0 Å². The zero-order chi connectivity index (χ0) is 16.2. The van der Waals surface area contributed by atoms with Gasteiger partial charge in [-0.05, 0) is 30.2 Å². The van der Waals surface area contributed by atoms with Crippen molar-refractivity contribution in [1.82, 2.24) is 10.2 Å². The maximum atomic E-state index is 11.2. The summed E-state index contributed by atoms with van der Waals surface area (Å²) in [6, 6.07) is 17.5. The molecular formula is C18H17N3O2. The summed E-state index contributed by atoms with van der Waals surface area (Å²) >= 11 is 0. The highest BCUT2D eigenvalue weighted by molar-refractivity contribution is 5.79. The Kier molecular flexibility index (Phi) is 4.10. The Labute approximate surface area is 134 Å². The molecule has 0 saturated heterocycles. The molecule has 1 heterocycles. The standard InChI is InChI=1S/C18H17N3O2/c1-12(18(19)22)23-17-5-3-2-4-15(17)13-6-8-14(9-7-13)16-10-11-20-21-16/h2-12H,1H3,(H2,19,22)(H,20,21). The number of ether oxygens (including phenoxy) is 1. The van der Waals surface area contributed by atoms with Gasteiger partial charge in [-0.2, -0.15) is 5.10 Å². The SMILES string of the molecule is CC(Oc1ccccc1-c1ccc(-c2ccn[nH]2)cc1)C(N)=O. The average molecular weight is 307 g/mol. The summed E-state index contributed by atoms with van der Waals surface area (Å²) in [7, 11) is 0. The van der Waals surface area contributed by atoms with E-state index in [2.05, 4.69) is 10.2 Å². The van der Waals surface area contributed by atoms with Crippen molar-refractivity contribution < 1.29 is 9.53 Å². The van der Waals surface area contributed by atoms with E-state index >= 15 is 0 Å². The normalized spacial score (nSPS) is 11.9. The summed E-state index contributed by atoms with van der Waals surface area (Å²) < 4.78 is 5.67. The molecule has 3 aromatic rings. The number of hydrogen-bond donors (Lipinski definition) is 2. The summed E-state index contributed by atoms with van der Waals surface area (Å²) in [5.74, 6) is 0.141. The maximum absolute atomic E-state index is 11.2. The fraction of sp³-hybridized carbons (Fsp3) is 0.111. The number of para-hydroxylation sites is 1. The largest absolute Gasteiger partial charge is 0.480 e. The fourth-order valence-corrected chi connectivity index (χ4v) is 2.30. The average Bonchev–Trinajstić information content (AvgIpc) is 3.10. The van der Waals surface area contributed by atoms with Gasteiger partial charge in [0.15, 0.2) is 6.10 Å². The second-order valence-electron chi connectivity index (χ2n) is 5.21. The Morgan fingerprint density at radius 1 is 1.09 bits per heavy atom. The lowest BCUT2D eigenvalue weighted by Gasteiger charge is -2.15. The first-order valence-corrected chi connectivity index (χ1v) is 7.30. The molecule has 1 atom stereocenters. The van der Waals surface area contributed by atoms with E-state index in [4.69, 9.17) is 10.5 Å². The van der Waals surface area contributed by atoms with Crippen molar-refractivity contribution in [2.45, 2.75) is 13.0 Å². The van der Waals surface area contributed by atoms with E-state index in [9.17, 15) is 4.79 Å². The second kappa shape index (κ2) is 6.36. The molecule has 0 radical (unpaired) electrons. The molecule has 1 amide bonds. The van der Waals surface area contributed by atoms with Gasteiger partial charge in [0.05, 0.1) is 5.69 Å². The predicted molar refractivity (Wildman–Crippen MR) is 88.7 cm³/mol. The van der Waals surface area contributed by atoms with E-state index in [1.807, 2.05) is 54.6 Å². The van der Waals surface area contributed by atoms with Gasteiger partial charge in [0.2, 0.25) is 0 Å². The van der Waals surface area contributed by atoms with E-state index in [1.165, 1.54) is 0 Å². The molecule has 0 aliphatic carbocycles. The van der Waals surface area contributed by atoms with Gasteiger partial charge in [-0.15, -0.1) is 0 Å². The van der Waals surface area contributed by atoms with Crippen molar-refractivity contribution in [2.75, 3.05) is 0 Å². The molecule has 0 saturated carbocycles. The molecule has 5 nitrogen and oxygen atoms in total. The number of H-pyrrole nitrogens is 1. The number of nitrogens with two attached hydrogens (primary N) is 1. The predicted octanol–water partition coefficient (Wildman–Crippen LogP) is 3.00. The van der Waals surface area contributed by atoms with E-state index < -0.39 is 12.0 Å². The Hall–Kier alpha value is -3.08. The zero-order valence-corrected chi connectivity index (χ0v) is 12.7. The second-order valence-corrected chi connectivity index (χ2v) is 5.21. The lowest BCUT2D eigenvalue weighted by atomic mass is 10.0. The van der Waals surface area contributed by atoms with Crippen LogP contribution in [0, 0.1) is 0 Å². The van der Waals surface area contributed by atoms with Gasteiger partial charge in [0.25, 0.3) is 5.91 Å². The smallest absolute Gasteiger partial charge is 0.258 e. The van der Waals surface area contributed by atoms with Crippen LogP contribution in [-0.2, 0) is 4.79 Å². The number of rotatable bonds is 5. The molecule has 116 valence electrons. The van der Waals surface area contributed by atoms with Crippen LogP contribution in [0.4, 0.5) is 0 Å². The third kappa shape index (κ3) is 3.23. The van der Waals surface area contributed by atoms with Crippen LogP contribution in [0.5, 0.6) is 5.75 Å². The number of nitrogens with one attached hydrogen (secondary N) is 1. The summed E-state index contributed by atoms with van der Waals surface area (Å²) in [4.78, 5) is 11.2. The van der Waals surface area contributed by atoms with Gasteiger partial charge in [-0.1, -0.05) is 42.5 Å². The lowest BCUT2D eigenvalue weighted by Crippen LogP contribution is -2.30. The molecule has 23 heavy (non-hydrogen) atoms. The van der Waals surface area contributed by atoms with Gasteiger partial charge in [0, 0.05) is 11.8 Å². The minimum Gasteiger partial charge on any atom is -0.480 e. The molecule has 1 aromatic heterocycles. The topological polar surface area (TPSA) is 81.0 Å². The van der Waals surface area contributed by atoms with E-state index in [1.54, 1.807) is 13.1 Å². The molecule has 0 aliphatic rings. The van der Waals surface area contributed by atoms with Crippen LogP contribution in [0.25, 0.3) is 22.4 Å². The van der Waals surface area contributed by atoms with Crippen LogP contribution >= 0.6 is 0 Å². The number of amides is 1. The summed E-state index contributed by atoms with van der Waals surface area (Å²) in [6.07, 6.45) is 1.04. The first-order chi connectivity index (χ1) is 11.1. The fourth-order valence-electron chi connectivity index (χ4n) is 2.30. The van der Waals surface area contributed by atoms with E-state index in [0.29, 0.717) is 5.75 Å². The number of carbonyl (C=O) groups excluding carboxylic acids is 1. The Morgan fingerprint density at radius 3 is 2.43 bits per heavy atom. The molecule has 0 fully saturated rings. The van der Waals surface area contributed by atoms with Crippen LogP contribution < -0.4 is 10.5 Å². The molecule has 2 aromatic carbocycles. The number of primary amides is 1. The first-order valence-electron chi connectivity index (χ1n) is 7.30.